The largest absolute Gasteiger partial charge is 0.357 e. The molecule has 1 aromatic carbocycles. The number of aromatic nitrogens is 2. The van der Waals surface area contributed by atoms with Crippen molar-refractivity contribution in [2.75, 3.05) is 18.4 Å². The van der Waals surface area contributed by atoms with E-state index in [0.717, 1.165) is 59.8 Å². The first-order valence-corrected chi connectivity index (χ1v) is 10.5. The van der Waals surface area contributed by atoms with Crippen molar-refractivity contribution in [3.8, 4) is 0 Å². The molecule has 1 atom stereocenters. The summed E-state index contributed by atoms with van der Waals surface area (Å²) in [5.41, 5.74) is 1.15. The molecule has 1 saturated heterocycles. The molecule has 0 aliphatic carbocycles. The lowest BCUT2D eigenvalue weighted by Gasteiger charge is -2.25. The average molecular weight is 381 g/mol. The number of thiophene rings is 1. The second kappa shape index (κ2) is 8.05. The van der Waals surface area contributed by atoms with E-state index in [1.165, 1.54) is 0 Å². The second-order valence-corrected chi connectivity index (χ2v) is 7.80. The highest BCUT2D eigenvalue weighted by molar-refractivity contribution is 7.16. The standard InChI is InChI=1S/C21H24N4OS/c1-2-18-23-19(16-10-13-27-20(16)24-18)22-17(14-15-8-4-3-5-9-15)21(26)25-11-6-7-12-25/h3-5,8-10,13,17H,2,6-7,11-12,14H2,1H3,(H,22,23,24). The quantitative estimate of drug-likeness (QED) is 0.705. The number of hydrogen-bond acceptors (Lipinski definition) is 5. The maximum Gasteiger partial charge on any atom is 0.245 e. The zero-order chi connectivity index (χ0) is 18.6. The van der Waals surface area contributed by atoms with Crippen LogP contribution in [-0.2, 0) is 17.6 Å². The van der Waals surface area contributed by atoms with Gasteiger partial charge in [0, 0.05) is 25.9 Å². The predicted molar refractivity (Wildman–Crippen MR) is 110 cm³/mol. The fourth-order valence-electron chi connectivity index (χ4n) is 3.54. The number of nitrogens with one attached hydrogen (secondary N) is 1. The summed E-state index contributed by atoms with van der Waals surface area (Å²) in [6, 6.07) is 11.9. The molecule has 1 amide bonds. The maximum atomic E-state index is 13.2. The molecule has 0 bridgehead atoms. The summed E-state index contributed by atoms with van der Waals surface area (Å²) >= 11 is 1.61. The highest BCUT2D eigenvalue weighted by atomic mass is 32.1. The van der Waals surface area contributed by atoms with Crippen LogP contribution in [0.25, 0.3) is 10.2 Å². The van der Waals surface area contributed by atoms with E-state index in [1.54, 1.807) is 11.3 Å². The van der Waals surface area contributed by atoms with Crippen LogP contribution in [0.2, 0.25) is 0 Å². The molecule has 3 heterocycles. The van der Waals surface area contributed by atoms with E-state index in [1.807, 2.05) is 34.5 Å². The molecule has 140 valence electrons. The number of hydrogen-bond donors (Lipinski definition) is 1. The van der Waals surface area contributed by atoms with Gasteiger partial charge >= 0.3 is 0 Å². The third-order valence-electron chi connectivity index (χ3n) is 5.00. The Morgan fingerprint density at radius 2 is 1.96 bits per heavy atom. The lowest BCUT2D eigenvalue weighted by atomic mass is 10.0. The van der Waals surface area contributed by atoms with Crippen LogP contribution in [0.1, 0.15) is 31.2 Å². The van der Waals surface area contributed by atoms with E-state index >= 15 is 0 Å². The first-order valence-electron chi connectivity index (χ1n) is 9.58. The van der Waals surface area contributed by atoms with Gasteiger partial charge in [0.05, 0.1) is 5.39 Å². The fraction of sp³-hybridized carbons (Fsp3) is 0.381. The Morgan fingerprint density at radius 1 is 1.19 bits per heavy atom. The van der Waals surface area contributed by atoms with Gasteiger partial charge in [0.2, 0.25) is 5.91 Å². The van der Waals surface area contributed by atoms with Crippen LogP contribution in [0.15, 0.2) is 41.8 Å². The van der Waals surface area contributed by atoms with Crippen LogP contribution >= 0.6 is 11.3 Å². The van der Waals surface area contributed by atoms with Crippen LogP contribution in [0.3, 0.4) is 0 Å². The Morgan fingerprint density at radius 3 is 2.70 bits per heavy atom. The molecule has 1 aliphatic rings. The van der Waals surface area contributed by atoms with Crippen LogP contribution < -0.4 is 5.32 Å². The minimum Gasteiger partial charge on any atom is -0.357 e. The number of fused-ring (bicyclic) bond motifs is 1. The maximum absolute atomic E-state index is 13.2. The third kappa shape index (κ3) is 3.95. The Labute approximate surface area is 163 Å². The second-order valence-electron chi connectivity index (χ2n) is 6.90. The van der Waals surface area contributed by atoms with Gasteiger partial charge in [0.25, 0.3) is 0 Å². The van der Waals surface area contributed by atoms with Crippen molar-refractivity contribution >= 4 is 33.3 Å². The number of likely N-dealkylation sites (tertiary alicyclic amines) is 1. The normalized spacial score (nSPS) is 15.2. The molecule has 0 spiro atoms. The average Bonchev–Trinajstić information content (AvgIpc) is 3.39. The number of anilines is 1. The zero-order valence-electron chi connectivity index (χ0n) is 15.5. The van der Waals surface area contributed by atoms with Crippen LogP contribution in [0, 0.1) is 0 Å². The van der Waals surface area contributed by atoms with Gasteiger partial charge in [-0.3, -0.25) is 4.79 Å². The highest BCUT2D eigenvalue weighted by Crippen LogP contribution is 2.26. The van der Waals surface area contributed by atoms with Crippen molar-refractivity contribution in [3.05, 3.63) is 53.2 Å². The number of rotatable bonds is 6. The first-order chi connectivity index (χ1) is 13.2. The monoisotopic (exact) mass is 380 g/mol. The van der Waals surface area contributed by atoms with E-state index in [4.69, 9.17) is 4.98 Å². The van der Waals surface area contributed by atoms with Gasteiger partial charge in [-0.25, -0.2) is 9.97 Å². The molecule has 3 aromatic rings. The van der Waals surface area contributed by atoms with Crippen molar-refractivity contribution in [3.63, 3.8) is 0 Å². The van der Waals surface area contributed by atoms with E-state index < -0.39 is 0 Å². The number of amides is 1. The molecule has 2 aromatic heterocycles. The summed E-state index contributed by atoms with van der Waals surface area (Å²) in [7, 11) is 0. The van der Waals surface area contributed by atoms with E-state index in [-0.39, 0.29) is 11.9 Å². The summed E-state index contributed by atoms with van der Waals surface area (Å²) in [6.07, 6.45) is 3.59. The molecule has 1 N–H and O–H groups in total. The van der Waals surface area contributed by atoms with Crippen molar-refractivity contribution < 1.29 is 4.79 Å². The Kier molecular flexibility index (Phi) is 5.34. The Hall–Kier alpha value is -2.47. The van der Waals surface area contributed by atoms with Gasteiger partial charge in [-0.2, -0.15) is 0 Å². The van der Waals surface area contributed by atoms with Gasteiger partial charge in [0.1, 0.15) is 22.5 Å². The molecule has 1 aliphatic heterocycles. The van der Waals surface area contributed by atoms with E-state index in [9.17, 15) is 4.79 Å². The summed E-state index contributed by atoms with van der Waals surface area (Å²) in [6.45, 7) is 3.75. The van der Waals surface area contributed by atoms with Crippen LogP contribution in [0.5, 0.6) is 0 Å². The minimum atomic E-state index is -0.326. The molecule has 1 unspecified atom stereocenters. The summed E-state index contributed by atoms with van der Waals surface area (Å²) in [5.74, 6) is 1.74. The smallest absolute Gasteiger partial charge is 0.245 e. The summed E-state index contributed by atoms with van der Waals surface area (Å²) in [4.78, 5) is 25.4. The number of benzene rings is 1. The lowest BCUT2D eigenvalue weighted by molar-refractivity contribution is -0.130. The van der Waals surface area contributed by atoms with Gasteiger partial charge in [-0.05, 0) is 29.9 Å². The summed E-state index contributed by atoms with van der Waals surface area (Å²) in [5, 5.41) is 6.49. The van der Waals surface area contributed by atoms with Crippen molar-refractivity contribution in [2.45, 2.75) is 38.6 Å². The fourth-order valence-corrected chi connectivity index (χ4v) is 4.32. The molecule has 4 rings (SSSR count). The molecule has 5 nitrogen and oxygen atoms in total. The SMILES string of the molecule is CCc1nc(NC(Cc2ccccc2)C(=O)N2CCCC2)c2ccsc2n1. The summed E-state index contributed by atoms with van der Waals surface area (Å²) < 4.78 is 0. The molecule has 0 radical (unpaired) electrons. The number of nitrogens with zero attached hydrogens (tertiary/aromatic N) is 3. The zero-order valence-corrected chi connectivity index (χ0v) is 16.3. The van der Waals surface area contributed by atoms with E-state index in [0.29, 0.717) is 6.42 Å². The molecule has 1 fully saturated rings. The lowest BCUT2D eigenvalue weighted by Crippen LogP contribution is -2.43. The van der Waals surface area contributed by atoms with Crippen molar-refractivity contribution in [1.29, 1.82) is 0 Å². The molecular weight excluding hydrogens is 356 g/mol. The van der Waals surface area contributed by atoms with Crippen molar-refractivity contribution in [1.82, 2.24) is 14.9 Å². The predicted octanol–water partition coefficient (Wildman–Crippen LogP) is 3.90. The minimum absolute atomic E-state index is 0.163. The molecule has 6 heteroatoms. The molecular formula is C21H24N4OS. The molecule has 27 heavy (non-hydrogen) atoms. The van der Waals surface area contributed by atoms with Crippen molar-refractivity contribution in [2.24, 2.45) is 0 Å². The topological polar surface area (TPSA) is 58.1 Å². The number of aryl methyl sites for hydroxylation is 1. The van der Waals surface area contributed by atoms with Gasteiger partial charge in [0.15, 0.2) is 0 Å². The third-order valence-corrected chi connectivity index (χ3v) is 5.80. The highest BCUT2D eigenvalue weighted by Gasteiger charge is 2.27. The van der Waals surface area contributed by atoms with Crippen LogP contribution in [-0.4, -0.2) is 39.9 Å². The number of carbonyl (C=O) groups is 1. The molecule has 0 saturated carbocycles. The van der Waals surface area contributed by atoms with E-state index in [2.05, 4.69) is 29.4 Å². The Balaban J connectivity index is 1.66. The Bertz CT molecular complexity index is 918. The number of carbonyl (C=O) groups excluding carboxylic acids is 1. The first kappa shape index (κ1) is 17.9. The van der Waals surface area contributed by atoms with Gasteiger partial charge in [-0.1, -0.05) is 37.3 Å². The van der Waals surface area contributed by atoms with Gasteiger partial charge in [-0.15, -0.1) is 11.3 Å². The van der Waals surface area contributed by atoms with Crippen LogP contribution in [0.4, 0.5) is 5.82 Å². The van der Waals surface area contributed by atoms with Gasteiger partial charge < -0.3 is 10.2 Å².